The van der Waals surface area contributed by atoms with Crippen molar-refractivity contribution < 1.29 is 30.7 Å². The number of nitrogens with one attached hydrogen (secondary N) is 1. The maximum Gasteiger partial charge on any atom is 0.295 e. The first-order chi connectivity index (χ1) is 13.4. The third-order valence-electron chi connectivity index (χ3n) is 4.31. The molecule has 0 heterocycles. The van der Waals surface area contributed by atoms with Crippen molar-refractivity contribution in [3.05, 3.63) is 59.7 Å². The van der Waals surface area contributed by atoms with Crippen molar-refractivity contribution in [1.29, 1.82) is 0 Å². The molecule has 0 aliphatic rings. The van der Waals surface area contributed by atoms with Gasteiger partial charge in [-0.25, -0.2) is 0 Å². The van der Waals surface area contributed by atoms with E-state index < -0.39 is 35.9 Å². The van der Waals surface area contributed by atoms with Gasteiger partial charge in [-0.3, -0.25) is 13.9 Å². The highest BCUT2D eigenvalue weighted by atomic mass is 32.2. The summed E-state index contributed by atoms with van der Waals surface area (Å²) in [4.78, 5) is 11.4. The number of fused-ring (bicyclic) bond motifs is 1. The Balaban J connectivity index is 2.25. The number of anilines is 2. The summed E-state index contributed by atoms with van der Waals surface area (Å²) in [7, 11) is -9.48. The fourth-order valence-corrected chi connectivity index (χ4v) is 4.28. The highest BCUT2D eigenvalue weighted by Crippen LogP contribution is 2.34. The summed E-state index contributed by atoms with van der Waals surface area (Å²) >= 11 is 0. The van der Waals surface area contributed by atoms with Crippen LogP contribution in [0, 0.1) is 6.92 Å². The Hall–Kier alpha value is -2.99. The lowest BCUT2D eigenvalue weighted by Crippen LogP contribution is -2.14. The first-order valence-corrected chi connectivity index (χ1v) is 11.0. The Labute approximate surface area is 166 Å². The molecule has 0 bridgehead atoms. The van der Waals surface area contributed by atoms with Gasteiger partial charge in [0.1, 0.15) is 9.79 Å². The largest absolute Gasteiger partial charge is 0.398 e. The summed E-state index contributed by atoms with van der Waals surface area (Å²) in [6.45, 7) is 1.76. The predicted octanol–water partition coefficient (Wildman–Crippen LogP) is 2.48. The van der Waals surface area contributed by atoms with Crippen LogP contribution in [0.2, 0.25) is 0 Å². The molecule has 29 heavy (non-hydrogen) atoms. The minimum Gasteiger partial charge on any atom is -0.398 e. The molecule has 0 saturated carbocycles. The molecule has 0 aliphatic heterocycles. The van der Waals surface area contributed by atoms with Crippen LogP contribution in [-0.4, -0.2) is 31.8 Å². The second-order valence-corrected chi connectivity index (χ2v) is 9.05. The molecule has 5 N–H and O–H groups in total. The van der Waals surface area contributed by atoms with Crippen LogP contribution in [0.25, 0.3) is 10.8 Å². The summed E-state index contributed by atoms with van der Waals surface area (Å²) in [5.74, 6) is -0.636. The van der Waals surface area contributed by atoms with Crippen LogP contribution in [-0.2, 0) is 20.2 Å². The lowest BCUT2D eigenvalue weighted by atomic mass is 10.1. The topological polar surface area (TPSA) is 164 Å². The quantitative estimate of drug-likeness (QED) is 0.358. The van der Waals surface area contributed by atoms with Crippen LogP contribution in [0.5, 0.6) is 0 Å². The molecule has 9 nitrogen and oxygen atoms in total. The van der Waals surface area contributed by atoms with E-state index >= 15 is 0 Å². The average Bonchev–Trinajstić information content (AvgIpc) is 2.61. The molecule has 3 aromatic carbocycles. The number of aryl methyl sites for hydroxylation is 1. The first kappa shape index (κ1) is 20.7. The van der Waals surface area contributed by atoms with E-state index in [4.69, 9.17) is 5.73 Å². The van der Waals surface area contributed by atoms with E-state index in [0.29, 0.717) is 5.69 Å². The van der Waals surface area contributed by atoms with E-state index in [0.717, 1.165) is 23.8 Å². The van der Waals surface area contributed by atoms with Crippen LogP contribution in [0.1, 0.15) is 15.9 Å². The predicted molar refractivity (Wildman–Crippen MR) is 107 cm³/mol. The zero-order valence-electron chi connectivity index (χ0n) is 14.9. The molecule has 3 rings (SSSR count). The zero-order valence-corrected chi connectivity index (χ0v) is 16.6. The summed E-state index contributed by atoms with van der Waals surface area (Å²) in [6.07, 6.45) is 0. The van der Waals surface area contributed by atoms with Gasteiger partial charge in [0.15, 0.2) is 0 Å². The minimum atomic E-state index is -4.77. The van der Waals surface area contributed by atoms with Crippen molar-refractivity contribution in [1.82, 2.24) is 0 Å². The van der Waals surface area contributed by atoms with Crippen molar-refractivity contribution in [3.8, 4) is 0 Å². The zero-order chi connectivity index (χ0) is 21.6. The smallest absolute Gasteiger partial charge is 0.295 e. The number of hydrogen-bond donors (Lipinski definition) is 4. The average molecular weight is 436 g/mol. The number of hydrogen-bond acceptors (Lipinski definition) is 6. The maximum atomic E-state index is 12.6. The molecule has 152 valence electrons. The van der Waals surface area contributed by atoms with E-state index in [-0.39, 0.29) is 22.0 Å². The van der Waals surface area contributed by atoms with Gasteiger partial charge in [0, 0.05) is 22.0 Å². The van der Waals surface area contributed by atoms with Gasteiger partial charge >= 0.3 is 0 Å². The van der Waals surface area contributed by atoms with Crippen molar-refractivity contribution >= 4 is 48.3 Å². The van der Waals surface area contributed by atoms with Crippen molar-refractivity contribution in [3.63, 3.8) is 0 Å². The number of carbonyl (C=O) groups is 1. The highest BCUT2D eigenvalue weighted by Gasteiger charge is 2.23. The van der Waals surface area contributed by atoms with Crippen LogP contribution >= 0.6 is 0 Å². The lowest BCUT2D eigenvalue weighted by molar-refractivity contribution is 0.102. The SMILES string of the molecule is Cc1ccc(C(=O)Nc2ccc(S(=O)(=O)O)c3cccc(S(=O)(=O)O)c23)cc1N. The van der Waals surface area contributed by atoms with E-state index in [1.54, 1.807) is 13.0 Å². The fourth-order valence-electron chi connectivity index (χ4n) is 2.87. The molecule has 11 heteroatoms. The summed E-state index contributed by atoms with van der Waals surface area (Å²) in [6, 6.07) is 10.2. The Morgan fingerprint density at radius 2 is 1.59 bits per heavy atom. The standard InChI is InChI=1S/C18H16N2O7S2/c1-10-5-6-11(9-13(10)19)18(21)20-14-7-8-15(28(22,23)24)12-3-2-4-16(17(12)14)29(25,26)27/h2-9H,19H2,1H3,(H,20,21)(H,22,23,24)(H,25,26,27). The molecule has 3 aromatic rings. The molecule has 0 unspecified atom stereocenters. The molecule has 0 spiro atoms. The lowest BCUT2D eigenvalue weighted by Gasteiger charge is -2.14. The van der Waals surface area contributed by atoms with Gasteiger partial charge in [0.25, 0.3) is 26.1 Å². The van der Waals surface area contributed by atoms with Crippen LogP contribution < -0.4 is 11.1 Å². The molecule has 0 atom stereocenters. The van der Waals surface area contributed by atoms with E-state index in [1.165, 1.54) is 24.3 Å². The second-order valence-electron chi connectivity index (χ2n) is 6.27. The third kappa shape index (κ3) is 4.07. The molecular formula is C18H16N2O7S2. The number of nitrogen functional groups attached to an aromatic ring is 1. The van der Waals surface area contributed by atoms with Gasteiger partial charge in [-0.2, -0.15) is 16.8 Å². The second kappa shape index (κ2) is 7.12. The minimum absolute atomic E-state index is 0.0789. The Morgan fingerprint density at radius 1 is 0.931 bits per heavy atom. The highest BCUT2D eigenvalue weighted by molar-refractivity contribution is 7.86. The maximum absolute atomic E-state index is 12.6. The molecule has 1 amide bonds. The fraction of sp³-hybridized carbons (Fsp3) is 0.0556. The van der Waals surface area contributed by atoms with Gasteiger partial charge < -0.3 is 11.1 Å². The molecule has 0 saturated heterocycles. The summed E-state index contributed by atoms with van der Waals surface area (Å²) < 4.78 is 66.0. The molecule has 0 fully saturated rings. The van der Waals surface area contributed by atoms with E-state index in [1.807, 2.05) is 0 Å². The van der Waals surface area contributed by atoms with Crippen molar-refractivity contribution in [2.45, 2.75) is 16.7 Å². The number of benzene rings is 3. The van der Waals surface area contributed by atoms with Crippen LogP contribution in [0.4, 0.5) is 11.4 Å². The van der Waals surface area contributed by atoms with Crippen molar-refractivity contribution in [2.75, 3.05) is 11.1 Å². The van der Waals surface area contributed by atoms with Crippen LogP contribution in [0.15, 0.2) is 58.3 Å². The number of amides is 1. The summed E-state index contributed by atoms with van der Waals surface area (Å²) in [5.41, 5.74) is 7.05. The van der Waals surface area contributed by atoms with Gasteiger partial charge in [0.05, 0.1) is 5.69 Å². The first-order valence-electron chi connectivity index (χ1n) is 8.08. The van der Waals surface area contributed by atoms with E-state index in [9.17, 15) is 30.7 Å². The van der Waals surface area contributed by atoms with Gasteiger partial charge in [0.2, 0.25) is 0 Å². The Bertz CT molecular complexity index is 1360. The van der Waals surface area contributed by atoms with E-state index in [2.05, 4.69) is 5.32 Å². The summed E-state index contributed by atoms with van der Waals surface area (Å²) in [5, 5.41) is 2.04. The molecule has 0 aromatic heterocycles. The van der Waals surface area contributed by atoms with Crippen molar-refractivity contribution in [2.24, 2.45) is 0 Å². The monoisotopic (exact) mass is 436 g/mol. The number of nitrogens with two attached hydrogens (primary N) is 1. The van der Waals surface area contributed by atoms with Gasteiger partial charge in [-0.1, -0.05) is 18.2 Å². The Morgan fingerprint density at radius 3 is 2.17 bits per heavy atom. The molecule has 0 aliphatic carbocycles. The molecule has 0 radical (unpaired) electrons. The Kier molecular flexibility index (Phi) is 5.09. The van der Waals surface area contributed by atoms with Gasteiger partial charge in [-0.15, -0.1) is 0 Å². The molecular weight excluding hydrogens is 420 g/mol. The van der Waals surface area contributed by atoms with Gasteiger partial charge in [-0.05, 0) is 42.8 Å². The van der Waals surface area contributed by atoms with Crippen LogP contribution in [0.3, 0.4) is 0 Å². The number of rotatable bonds is 4. The third-order valence-corrected chi connectivity index (χ3v) is 6.12. The number of carbonyl (C=O) groups excluding carboxylic acids is 1. The normalized spacial score (nSPS) is 12.1.